The monoisotopic (exact) mass is 404 g/mol. The summed E-state index contributed by atoms with van der Waals surface area (Å²) in [5, 5.41) is 13.6. The number of carbonyl (C=O) groups excluding carboxylic acids is 1. The molecule has 2 N–H and O–H groups in total. The predicted octanol–water partition coefficient (Wildman–Crippen LogP) is 4.34. The molecule has 0 spiro atoms. The molecule has 0 aliphatic rings. The first-order valence-electron chi connectivity index (χ1n) is 8.00. The van der Waals surface area contributed by atoms with Crippen LogP contribution >= 0.6 is 15.9 Å². The largest absolute Gasteiger partial charge is 0.507 e. The Kier molecular flexibility index (Phi) is 7.01. The third-order valence-corrected chi connectivity index (χ3v) is 3.93. The highest BCUT2D eigenvalue weighted by atomic mass is 79.9. The molecular weight excluding hydrogens is 384 g/mol. The quantitative estimate of drug-likeness (QED) is 0.532. The van der Waals surface area contributed by atoms with Crippen LogP contribution in [0.5, 0.6) is 11.5 Å². The molecule has 0 unspecified atom stereocenters. The summed E-state index contributed by atoms with van der Waals surface area (Å²) >= 11 is 3.31. The van der Waals surface area contributed by atoms with Crippen molar-refractivity contribution in [1.29, 1.82) is 0 Å². The molecule has 2 aromatic carbocycles. The molecule has 2 rings (SSSR count). The summed E-state index contributed by atoms with van der Waals surface area (Å²) in [6, 6.07) is 11.9. The number of phenols is 1. The normalized spacial score (nSPS) is 11.0. The molecular formula is C19H21BrN2O3. The number of nitrogens with zero attached hydrogens (tertiary/aromatic N) is 1. The Morgan fingerprint density at radius 3 is 2.68 bits per heavy atom. The molecule has 0 aliphatic heterocycles. The van der Waals surface area contributed by atoms with E-state index in [1.165, 1.54) is 6.21 Å². The van der Waals surface area contributed by atoms with Crippen LogP contribution in [-0.2, 0) is 0 Å². The van der Waals surface area contributed by atoms with E-state index in [-0.39, 0.29) is 11.7 Å². The fourth-order valence-corrected chi connectivity index (χ4v) is 2.35. The van der Waals surface area contributed by atoms with Crippen LogP contribution < -0.4 is 10.2 Å². The molecule has 132 valence electrons. The highest BCUT2D eigenvalue weighted by Gasteiger charge is 2.05. The third-order valence-electron chi connectivity index (χ3n) is 3.44. The predicted molar refractivity (Wildman–Crippen MR) is 102 cm³/mol. The van der Waals surface area contributed by atoms with Crippen molar-refractivity contribution >= 4 is 28.1 Å². The maximum Gasteiger partial charge on any atom is 0.271 e. The van der Waals surface area contributed by atoms with Crippen LogP contribution in [0.2, 0.25) is 0 Å². The fourth-order valence-electron chi connectivity index (χ4n) is 1.97. The fraction of sp³-hybridized carbons (Fsp3) is 0.263. The van der Waals surface area contributed by atoms with E-state index in [0.717, 1.165) is 16.6 Å². The van der Waals surface area contributed by atoms with Crippen LogP contribution in [-0.4, -0.2) is 23.8 Å². The highest BCUT2D eigenvalue weighted by molar-refractivity contribution is 9.10. The Hall–Kier alpha value is -2.34. The van der Waals surface area contributed by atoms with Crippen molar-refractivity contribution in [2.75, 3.05) is 6.61 Å². The Balaban J connectivity index is 1.90. The maximum atomic E-state index is 12.1. The van der Waals surface area contributed by atoms with Crippen molar-refractivity contribution in [3.8, 4) is 11.5 Å². The van der Waals surface area contributed by atoms with E-state index in [4.69, 9.17) is 4.74 Å². The van der Waals surface area contributed by atoms with Gasteiger partial charge in [-0.25, -0.2) is 5.43 Å². The molecule has 0 aromatic heterocycles. The SMILES string of the molecule is CC(C)CCOc1ccc(C(=O)NN=Cc2cc(Br)ccc2O)cc1. The second kappa shape index (κ2) is 9.22. The van der Waals surface area contributed by atoms with Crippen molar-refractivity contribution in [3.05, 3.63) is 58.1 Å². The van der Waals surface area contributed by atoms with Gasteiger partial charge in [0.15, 0.2) is 0 Å². The molecule has 0 atom stereocenters. The number of nitrogens with one attached hydrogen (secondary N) is 1. The number of benzene rings is 2. The molecule has 0 saturated heterocycles. The van der Waals surface area contributed by atoms with Gasteiger partial charge < -0.3 is 9.84 Å². The second-order valence-corrected chi connectivity index (χ2v) is 6.87. The van der Waals surface area contributed by atoms with Gasteiger partial charge in [-0.3, -0.25) is 4.79 Å². The molecule has 5 nitrogen and oxygen atoms in total. The van der Waals surface area contributed by atoms with E-state index >= 15 is 0 Å². The van der Waals surface area contributed by atoms with Crippen LogP contribution in [0.3, 0.4) is 0 Å². The van der Waals surface area contributed by atoms with E-state index in [1.54, 1.807) is 42.5 Å². The van der Waals surface area contributed by atoms with Crippen molar-refractivity contribution < 1.29 is 14.6 Å². The van der Waals surface area contributed by atoms with Gasteiger partial charge in [-0.15, -0.1) is 0 Å². The lowest BCUT2D eigenvalue weighted by Crippen LogP contribution is -2.17. The first-order chi connectivity index (χ1) is 12.0. The average molecular weight is 405 g/mol. The smallest absolute Gasteiger partial charge is 0.271 e. The summed E-state index contributed by atoms with van der Waals surface area (Å²) in [6.07, 6.45) is 2.38. The zero-order valence-electron chi connectivity index (χ0n) is 14.2. The van der Waals surface area contributed by atoms with E-state index in [1.807, 2.05) is 0 Å². The Bertz CT molecular complexity index is 743. The standard InChI is InChI=1S/C19H21BrN2O3/c1-13(2)9-10-25-17-6-3-14(4-7-17)19(24)22-21-12-15-11-16(20)5-8-18(15)23/h3-8,11-13,23H,9-10H2,1-2H3,(H,22,24). The number of hydrogen-bond donors (Lipinski definition) is 2. The van der Waals surface area contributed by atoms with Crippen LogP contribution in [0, 0.1) is 5.92 Å². The minimum Gasteiger partial charge on any atom is -0.507 e. The van der Waals surface area contributed by atoms with Crippen molar-refractivity contribution in [2.45, 2.75) is 20.3 Å². The maximum absolute atomic E-state index is 12.1. The minimum absolute atomic E-state index is 0.0871. The lowest BCUT2D eigenvalue weighted by atomic mass is 10.1. The third kappa shape index (κ3) is 6.23. The summed E-state index contributed by atoms with van der Waals surface area (Å²) in [4.78, 5) is 12.1. The molecule has 0 saturated carbocycles. The van der Waals surface area contributed by atoms with Crippen molar-refractivity contribution in [3.63, 3.8) is 0 Å². The minimum atomic E-state index is -0.334. The van der Waals surface area contributed by atoms with E-state index < -0.39 is 0 Å². The second-order valence-electron chi connectivity index (χ2n) is 5.96. The number of hydrogen-bond acceptors (Lipinski definition) is 4. The Morgan fingerprint density at radius 1 is 1.28 bits per heavy atom. The lowest BCUT2D eigenvalue weighted by molar-refractivity contribution is 0.0955. The van der Waals surface area contributed by atoms with Gasteiger partial charge in [0.1, 0.15) is 11.5 Å². The van der Waals surface area contributed by atoms with Gasteiger partial charge >= 0.3 is 0 Å². The zero-order valence-corrected chi connectivity index (χ0v) is 15.8. The van der Waals surface area contributed by atoms with Gasteiger partial charge in [0, 0.05) is 15.6 Å². The van der Waals surface area contributed by atoms with E-state index in [0.29, 0.717) is 23.7 Å². The van der Waals surface area contributed by atoms with Gasteiger partial charge in [0.2, 0.25) is 0 Å². The number of aromatic hydroxyl groups is 1. The number of halogens is 1. The van der Waals surface area contributed by atoms with Crippen LogP contribution in [0.1, 0.15) is 36.2 Å². The van der Waals surface area contributed by atoms with Gasteiger partial charge in [0.25, 0.3) is 5.91 Å². The molecule has 0 heterocycles. The van der Waals surface area contributed by atoms with Gasteiger partial charge in [-0.2, -0.15) is 5.10 Å². The van der Waals surface area contributed by atoms with E-state index in [2.05, 4.69) is 40.3 Å². The van der Waals surface area contributed by atoms with Crippen LogP contribution in [0.25, 0.3) is 0 Å². The van der Waals surface area contributed by atoms with Crippen molar-refractivity contribution in [2.24, 2.45) is 11.0 Å². The Morgan fingerprint density at radius 2 is 2.00 bits per heavy atom. The highest BCUT2D eigenvalue weighted by Crippen LogP contribution is 2.20. The first kappa shape index (κ1) is 19.0. The van der Waals surface area contributed by atoms with Gasteiger partial charge in [-0.05, 0) is 54.8 Å². The number of amides is 1. The molecule has 6 heteroatoms. The van der Waals surface area contributed by atoms with Crippen LogP contribution in [0.15, 0.2) is 52.0 Å². The lowest BCUT2D eigenvalue weighted by Gasteiger charge is -2.08. The molecule has 0 radical (unpaired) electrons. The van der Waals surface area contributed by atoms with Crippen LogP contribution in [0.4, 0.5) is 0 Å². The number of ether oxygens (including phenoxy) is 1. The molecule has 0 aliphatic carbocycles. The molecule has 2 aromatic rings. The van der Waals surface area contributed by atoms with Crippen molar-refractivity contribution in [1.82, 2.24) is 5.43 Å². The number of hydrazone groups is 1. The summed E-state index contributed by atoms with van der Waals surface area (Å²) in [6.45, 7) is 4.94. The Labute approximate surface area is 155 Å². The van der Waals surface area contributed by atoms with Gasteiger partial charge in [-0.1, -0.05) is 29.8 Å². The summed E-state index contributed by atoms with van der Waals surface area (Å²) in [5.74, 6) is 1.08. The number of phenolic OH excluding ortho intramolecular Hbond substituents is 1. The average Bonchev–Trinajstić information content (AvgIpc) is 2.58. The summed E-state index contributed by atoms with van der Waals surface area (Å²) in [7, 11) is 0. The number of rotatable bonds is 7. The molecule has 1 amide bonds. The van der Waals surface area contributed by atoms with Gasteiger partial charge in [0.05, 0.1) is 12.8 Å². The molecule has 0 bridgehead atoms. The topological polar surface area (TPSA) is 70.9 Å². The summed E-state index contributed by atoms with van der Waals surface area (Å²) in [5.41, 5.74) is 3.42. The zero-order chi connectivity index (χ0) is 18.2. The molecule has 0 fully saturated rings. The van der Waals surface area contributed by atoms with E-state index in [9.17, 15) is 9.90 Å². The first-order valence-corrected chi connectivity index (χ1v) is 8.80. The summed E-state index contributed by atoms with van der Waals surface area (Å²) < 4.78 is 6.43. The number of carbonyl (C=O) groups is 1. The molecule has 25 heavy (non-hydrogen) atoms.